The Morgan fingerprint density at radius 2 is 2.04 bits per heavy atom. The number of nitrogens with one attached hydrogen (secondary N) is 1. The molecular formula is C18H27N3O3. The molecule has 6 heteroatoms. The predicted octanol–water partition coefficient (Wildman–Crippen LogP) is 1.89. The van der Waals surface area contributed by atoms with Crippen LogP contribution >= 0.6 is 0 Å². The number of carbonyl (C=O) groups excluding carboxylic acids is 2. The minimum atomic E-state index is -0.523. The highest BCUT2D eigenvalue weighted by atomic mass is 16.6. The van der Waals surface area contributed by atoms with Crippen molar-refractivity contribution in [2.45, 2.75) is 45.4 Å². The number of hydrogen-bond acceptors (Lipinski definition) is 4. The molecule has 1 aliphatic rings. The molecule has 6 nitrogen and oxygen atoms in total. The number of amides is 2. The van der Waals surface area contributed by atoms with Crippen LogP contribution in [0.3, 0.4) is 0 Å². The molecule has 0 unspecified atom stereocenters. The molecule has 1 aromatic carbocycles. The summed E-state index contributed by atoms with van der Waals surface area (Å²) in [6.45, 7) is 5.15. The summed E-state index contributed by atoms with van der Waals surface area (Å²) >= 11 is 0. The van der Waals surface area contributed by atoms with Crippen molar-refractivity contribution in [3.05, 3.63) is 35.9 Å². The van der Waals surface area contributed by atoms with Crippen LogP contribution in [0.4, 0.5) is 4.79 Å². The quantitative estimate of drug-likeness (QED) is 0.832. The van der Waals surface area contributed by atoms with E-state index in [1.807, 2.05) is 44.2 Å². The van der Waals surface area contributed by atoms with E-state index in [0.717, 1.165) is 18.4 Å². The fourth-order valence-corrected chi connectivity index (χ4v) is 2.73. The number of ether oxygens (including phenoxy) is 1. The third-order valence-electron chi connectivity index (χ3n) is 4.35. The maximum absolute atomic E-state index is 12.3. The Bertz CT molecular complexity index is 548. The number of carbonyl (C=O) groups is 2. The van der Waals surface area contributed by atoms with Crippen LogP contribution in [-0.4, -0.2) is 42.1 Å². The first-order valence-corrected chi connectivity index (χ1v) is 8.49. The van der Waals surface area contributed by atoms with Crippen LogP contribution in [0, 0.1) is 5.92 Å². The van der Waals surface area contributed by atoms with Gasteiger partial charge in [-0.2, -0.15) is 0 Å². The van der Waals surface area contributed by atoms with Crippen LogP contribution in [0.5, 0.6) is 0 Å². The number of rotatable bonds is 6. The molecule has 0 bridgehead atoms. The average Bonchev–Trinajstić information content (AvgIpc) is 3.06. The van der Waals surface area contributed by atoms with Crippen molar-refractivity contribution in [2.24, 2.45) is 11.7 Å². The smallest absolute Gasteiger partial charge is 0.410 e. The van der Waals surface area contributed by atoms with E-state index < -0.39 is 6.04 Å². The van der Waals surface area contributed by atoms with E-state index >= 15 is 0 Å². The summed E-state index contributed by atoms with van der Waals surface area (Å²) in [6, 6.07) is 9.03. The Labute approximate surface area is 143 Å². The van der Waals surface area contributed by atoms with E-state index in [1.165, 1.54) is 0 Å². The molecule has 132 valence electrons. The largest absolute Gasteiger partial charge is 0.445 e. The van der Waals surface area contributed by atoms with Crippen molar-refractivity contribution in [1.82, 2.24) is 10.2 Å². The molecule has 1 aromatic rings. The van der Waals surface area contributed by atoms with Crippen LogP contribution in [0.15, 0.2) is 30.3 Å². The van der Waals surface area contributed by atoms with Gasteiger partial charge in [-0.3, -0.25) is 4.79 Å². The highest BCUT2D eigenvalue weighted by Gasteiger charge is 2.30. The zero-order valence-electron chi connectivity index (χ0n) is 14.4. The predicted molar refractivity (Wildman–Crippen MR) is 92.2 cm³/mol. The van der Waals surface area contributed by atoms with Gasteiger partial charge in [0.1, 0.15) is 6.61 Å². The van der Waals surface area contributed by atoms with Crippen LogP contribution in [0.2, 0.25) is 0 Å². The van der Waals surface area contributed by atoms with Gasteiger partial charge in [0.2, 0.25) is 5.91 Å². The highest BCUT2D eigenvalue weighted by Crippen LogP contribution is 2.18. The fraction of sp³-hybridized carbons (Fsp3) is 0.556. The second-order valence-corrected chi connectivity index (χ2v) is 6.54. The van der Waals surface area contributed by atoms with Gasteiger partial charge in [-0.25, -0.2) is 4.79 Å². The van der Waals surface area contributed by atoms with Crippen molar-refractivity contribution < 1.29 is 14.3 Å². The van der Waals surface area contributed by atoms with Gasteiger partial charge in [-0.1, -0.05) is 44.2 Å². The Balaban J connectivity index is 1.81. The Morgan fingerprint density at radius 1 is 1.33 bits per heavy atom. The third kappa shape index (κ3) is 4.96. The van der Waals surface area contributed by atoms with Crippen LogP contribution in [0.25, 0.3) is 0 Å². The number of nitrogens with zero attached hydrogens (tertiary/aromatic N) is 1. The summed E-state index contributed by atoms with van der Waals surface area (Å²) in [5, 5.41) is 2.85. The van der Waals surface area contributed by atoms with Gasteiger partial charge >= 0.3 is 6.09 Å². The normalized spacial score (nSPS) is 18.5. The molecule has 0 aromatic heterocycles. The molecule has 24 heavy (non-hydrogen) atoms. The van der Waals surface area contributed by atoms with Gasteiger partial charge in [0.05, 0.1) is 12.1 Å². The molecule has 2 atom stereocenters. The molecule has 0 spiro atoms. The summed E-state index contributed by atoms with van der Waals surface area (Å²) < 4.78 is 5.38. The Kier molecular flexibility index (Phi) is 6.61. The van der Waals surface area contributed by atoms with Gasteiger partial charge in [0.25, 0.3) is 0 Å². The standard InChI is InChI=1S/C18H27N3O3/c1-13(2)16(19)17(22)20-11-15-9-6-10-21(15)18(23)24-12-14-7-4-3-5-8-14/h3-5,7-8,13,15-16H,6,9-12,19H2,1-2H3,(H,20,22)/t15-,16-/m0/s1. The van der Waals surface area contributed by atoms with Gasteiger partial charge in [0.15, 0.2) is 0 Å². The first-order valence-electron chi connectivity index (χ1n) is 8.49. The number of benzene rings is 1. The maximum Gasteiger partial charge on any atom is 0.410 e. The molecule has 2 amide bonds. The topological polar surface area (TPSA) is 84.7 Å². The molecule has 2 rings (SSSR count). The van der Waals surface area contributed by atoms with E-state index in [2.05, 4.69) is 5.32 Å². The maximum atomic E-state index is 12.3. The summed E-state index contributed by atoms with van der Waals surface area (Å²) in [4.78, 5) is 25.9. The molecule has 0 saturated carbocycles. The summed E-state index contributed by atoms with van der Waals surface area (Å²) in [7, 11) is 0. The van der Waals surface area contributed by atoms with Crippen LogP contribution in [-0.2, 0) is 16.1 Å². The number of hydrogen-bond donors (Lipinski definition) is 2. The Morgan fingerprint density at radius 3 is 2.71 bits per heavy atom. The van der Waals surface area contributed by atoms with Crippen molar-refractivity contribution in [3.63, 3.8) is 0 Å². The lowest BCUT2D eigenvalue weighted by atomic mass is 10.0. The molecular weight excluding hydrogens is 306 g/mol. The SMILES string of the molecule is CC(C)[C@H](N)C(=O)NC[C@@H]1CCCN1C(=O)OCc1ccccc1. The Hall–Kier alpha value is -2.08. The second kappa shape index (κ2) is 8.68. The fourth-order valence-electron chi connectivity index (χ4n) is 2.73. The second-order valence-electron chi connectivity index (χ2n) is 6.54. The van der Waals surface area contributed by atoms with Crippen molar-refractivity contribution in [1.29, 1.82) is 0 Å². The lowest BCUT2D eigenvalue weighted by Crippen LogP contribution is -2.49. The van der Waals surface area contributed by atoms with Crippen molar-refractivity contribution >= 4 is 12.0 Å². The molecule has 0 aliphatic carbocycles. The highest BCUT2D eigenvalue weighted by molar-refractivity contribution is 5.81. The van der Waals surface area contributed by atoms with Gasteiger partial charge in [-0.05, 0) is 24.3 Å². The molecule has 1 heterocycles. The molecule has 1 saturated heterocycles. The third-order valence-corrected chi connectivity index (χ3v) is 4.35. The van der Waals surface area contributed by atoms with Gasteiger partial charge < -0.3 is 20.7 Å². The first kappa shape index (κ1) is 18.3. The minimum Gasteiger partial charge on any atom is -0.445 e. The number of nitrogens with two attached hydrogens (primary N) is 1. The van der Waals surface area contributed by atoms with Crippen LogP contribution < -0.4 is 11.1 Å². The van der Waals surface area contributed by atoms with E-state index in [9.17, 15) is 9.59 Å². The summed E-state index contributed by atoms with van der Waals surface area (Å²) in [6.07, 6.45) is 1.44. The zero-order valence-corrected chi connectivity index (χ0v) is 14.4. The zero-order chi connectivity index (χ0) is 17.5. The minimum absolute atomic E-state index is 0.0309. The van der Waals surface area contributed by atoms with E-state index in [-0.39, 0.29) is 30.6 Å². The molecule has 1 aliphatic heterocycles. The van der Waals surface area contributed by atoms with E-state index in [4.69, 9.17) is 10.5 Å². The lowest BCUT2D eigenvalue weighted by Gasteiger charge is -2.25. The monoisotopic (exact) mass is 333 g/mol. The van der Waals surface area contributed by atoms with Gasteiger partial charge in [0, 0.05) is 13.1 Å². The van der Waals surface area contributed by atoms with Gasteiger partial charge in [-0.15, -0.1) is 0 Å². The lowest BCUT2D eigenvalue weighted by molar-refractivity contribution is -0.123. The van der Waals surface area contributed by atoms with Crippen LogP contribution in [0.1, 0.15) is 32.3 Å². The first-order chi connectivity index (χ1) is 11.5. The number of likely N-dealkylation sites (tertiary alicyclic amines) is 1. The average molecular weight is 333 g/mol. The van der Waals surface area contributed by atoms with Crippen molar-refractivity contribution in [2.75, 3.05) is 13.1 Å². The van der Waals surface area contributed by atoms with Crippen molar-refractivity contribution in [3.8, 4) is 0 Å². The molecule has 3 N–H and O–H groups in total. The summed E-state index contributed by atoms with van der Waals surface area (Å²) in [5.74, 6) is -0.0879. The van der Waals surface area contributed by atoms with E-state index in [1.54, 1.807) is 4.90 Å². The summed E-state index contributed by atoms with van der Waals surface area (Å²) in [5.41, 5.74) is 6.79. The molecule has 0 radical (unpaired) electrons. The van der Waals surface area contributed by atoms with E-state index in [0.29, 0.717) is 13.1 Å². The molecule has 1 fully saturated rings.